The van der Waals surface area contributed by atoms with Gasteiger partial charge in [0.1, 0.15) is 29.1 Å². The van der Waals surface area contributed by atoms with E-state index in [1.807, 2.05) is 153 Å². The summed E-state index contributed by atoms with van der Waals surface area (Å²) in [5, 5.41) is 44.5. The van der Waals surface area contributed by atoms with Crippen molar-refractivity contribution >= 4 is 0 Å². The topological polar surface area (TPSA) is 154 Å². The summed E-state index contributed by atoms with van der Waals surface area (Å²) in [4.78, 5) is 0. The van der Waals surface area contributed by atoms with Crippen molar-refractivity contribution in [3.8, 4) is 141 Å². The number of hydrogen-bond acceptors (Lipinski definition) is 10. The molecular formula is C116H102Ir5N15-5. The fraction of sp³-hybridized carbons (Fsp3) is 0.138. The average molecular weight is 2670 g/mol. The molecule has 0 amide bonds. The fourth-order valence-corrected chi connectivity index (χ4v) is 15.8. The van der Waals surface area contributed by atoms with Crippen LogP contribution in [0.1, 0.15) is 114 Å². The van der Waals surface area contributed by atoms with Crippen molar-refractivity contribution in [2.75, 3.05) is 0 Å². The second-order valence-electron chi connectivity index (χ2n) is 33.5. The van der Waals surface area contributed by atoms with Gasteiger partial charge in [-0.2, -0.15) is 25.5 Å². The van der Waals surface area contributed by atoms with Crippen molar-refractivity contribution in [3.63, 3.8) is 0 Å². The van der Waals surface area contributed by atoms with Crippen LogP contribution in [0.15, 0.2) is 382 Å². The third kappa shape index (κ3) is 24.9. The minimum atomic E-state index is -0.136. The minimum Gasteiger partial charge on any atom is -0.320 e. The van der Waals surface area contributed by atoms with Crippen molar-refractivity contribution in [2.45, 2.75) is 106 Å². The molecule has 15 aromatic carbocycles. The van der Waals surface area contributed by atoms with Gasteiger partial charge in [0, 0.05) is 153 Å². The number of hydrogen-bond donors (Lipinski definition) is 0. The minimum absolute atomic E-state index is 0. The van der Waals surface area contributed by atoms with Crippen LogP contribution in [-0.4, -0.2) is 73.8 Å². The molecular weight excluding hydrogens is 2560 g/mol. The summed E-state index contributed by atoms with van der Waals surface area (Å²) in [7, 11) is 0. The van der Waals surface area contributed by atoms with Crippen LogP contribution in [0.5, 0.6) is 0 Å². The summed E-state index contributed by atoms with van der Waals surface area (Å²) >= 11 is 0. The Hall–Kier alpha value is -12.8. The number of aromatic nitrogens is 15. The summed E-state index contributed by atoms with van der Waals surface area (Å²) in [6.45, 7) is 23.5. The van der Waals surface area contributed by atoms with E-state index in [4.69, 9.17) is 0 Å². The van der Waals surface area contributed by atoms with Gasteiger partial charge in [-0.05, 0) is 155 Å². The normalized spacial score (nSPS) is 10.7. The van der Waals surface area contributed by atoms with E-state index in [0.29, 0.717) is 0 Å². The molecule has 0 aliphatic heterocycles. The molecule has 20 aromatic rings. The summed E-state index contributed by atoms with van der Waals surface area (Å²) in [6.07, 6.45) is 1.91. The number of nitrogens with zero attached hydrogens (tertiary/aromatic N) is 15. The zero-order valence-electron chi connectivity index (χ0n) is 77.3. The van der Waals surface area contributed by atoms with Gasteiger partial charge in [-0.3, -0.25) is 0 Å². The predicted molar refractivity (Wildman–Crippen MR) is 530 cm³/mol. The fourth-order valence-electron chi connectivity index (χ4n) is 15.8. The molecule has 0 bridgehead atoms. The molecule has 20 rings (SSSR count). The summed E-state index contributed by atoms with van der Waals surface area (Å²) in [6, 6.07) is 146. The maximum absolute atomic E-state index is 4.54. The van der Waals surface area contributed by atoms with Crippen LogP contribution in [0.4, 0.5) is 0 Å². The maximum Gasteiger partial charge on any atom is 0.133 e. The van der Waals surface area contributed by atoms with Gasteiger partial charge < -0.3 is 22.8 Å². The Bertz CT molecular complexity index is 7110. The molecule has 0 fully saturated rings. The van der Waals surface area contributed by atoms with Gasteiger partial charge in [0.15, 0.2) is 0 Å². The van der Waals surface area contributed by atoms with E-state index in [2.05, 4.69) is 410 Å². The van der Waals surface area contributed by atoms with Crippen LogP contribution >= 0.6 is 0 Å². The average Bonchev–Trinajstić information content (AvgIpc) is 1.62. The molecule has 0 N–H and O–H groups in total. The molecule has 0 atom stereocenters. The van der Waals surface area contributed by atoms with E-state index in [0.717, 1.165) is 127 Å². The van der Waals surface area contributed by atoms with Gasteiger partial charge in [0.05, 0.1) is 29.1 Å². The second kappa shape index (κ2) is 49.7. The molecule has 136 heavy (non-hydrogen) atoms. The zero-order chi connectivity index (χ0) is 90.6. The molecule has 0 aliphatic rings. The Morgan fingerprint density at radius 3 is 0.912 bits per heavy atom. The van der Waals surface area contributed by atoms with Crippen LogP contribution in [0.3, 0.4) is 0 Å². The first-order chi connectivity index (χ1) is 64.0. The quantitative estimate of drug-likeness (QED) is 0.0715. The molecule has 0 saturated heterocycles. The van der Waals surface area contributed by atoms with Crippen molar-refractivity contribution in [1.82, 2.24) is 73.8 Å². The van der Waals surface area contributed by atoms with Gasteiger partial charge in [0.25, 0.3) is 0 Å². The molecule has 691 valence electrons. The number of aryl methyl sites for hydroxylation is 4. The Balaban J connectivity index is 0.000000162. The zero-order valence-corrected chi connectivity index (χ0v) is 89.3. The number of benzene rings is 15. The third-order valence-electron chi connectivity index (χ3n) is 22.3. The molecule has 0 aliphatic carbocycles. The molecule has 0 unspecified atom stereocenters. The second-order valence-corrected chi connectivity index (χ2v) is 33.5. The van der Waals surface area contributed by atoms with Crippen molar-refractivity contribution < 1.29 is 101 Å². The van der Waals surface area contributed by atoms with Crippen LogP contribution in [0, 0.1) is 51.1 Å². The Morgan fingerprint density at radius 1 is 0.257 bits per heavy atom. The van der Waals surface area contributed by atoms with Crippen LogP contribution in [0.2, 0.25) is 0 Å². The first-order valence-corrected chi connectivity index (χ1v) is 44.4. The van der Waals surface area contributed by atoms with Gasteiger partial charge in [-0.25, -0.2) is 0 Å². The monoisotopic (exact) mass is 2670 g/mol. The Labute approximate surface area is 866 Å². The van der Waals surface area contributed by atoms with E-state index in [1.54, 1.807) is 0 Å². The first kappa shape index (κ1) is 104. The molecule has 0 spiro atoms. The first-order valence-electron chi connectivity index (χ1n) is 44.4. The van der Waals surface area contributed by atoms with Crippen LogP contribution in [-0.2, 0) is 112 Å². The molecule has 5 radical (unpaired) electrons. The van der Waals surface area contributed by atoms with Gasteiger partial charge in [-0.15, -0.1) is 205 Å². The number of rotatable bonds is 19. The largest absolute Gasteiger partial charge is 0.320 e. The molecule has 20 heteroatoms. The molecule has 5 heterocycles. The maximum atomic E-state index is 4.54. The Kier molecular flexibility index (Phi) is 37.9. The van der Waals surface area contributed by atoms with Crippen molar-refractivity contribution in [2.24, 2.45) is 0 Å². The molecule has 5 aromatic heterocycles. The van der Waals surface area contributed by atoms with Gasteiger partial charge in [0.2, 0.25) is 0 Å². The van der Waals surface area contributed by atoms with E-state index < -0.39 is 0 Å². The van der Waals surface area contributed by atoms with Gasteiger partial charge >= 0.3 is 0 Å². The Morgan fingerprint density at radius 2 is 0.551 bits per heavy atom. The van der Waals surface area contributed by atoms with E-state index >= 15 is 0 Å². The standard InChI is InChI=1S/C25H24N3.C24H22N3.2C23H20N3.C21H16N3.5Ir/c1-17(2)24-26-27-25(20-11-6-5-7-12-20)28(24)21-15-14-19(4)23(16-21)22-13-9-8-10-18(22)3;1-24(2,3)23-26-25-22(19-13-8-5-9-14-19)27(23)21-16-10-15-20(17-21)18-11-6-4-7-12-18;1-17(2)22-24-25-23(19-12-7-4-8-13-19)26(22)21-15-9-14-20(16-21)18-10-5-3-6-11-18;1-2-10-22-24-25-23(19-13-7-4-8-14-19)26(22)21-16-9-15-20(17-21)18-11-5-3-6-12-18;1-16-22-23-21(18-11-6-3-7-12-18)24(16)20-14-8-13-19(15-20)17-9-4-2-5-10-17;;;;;/h5-11,13-17H,1-4H3;4-13,15-17H,1-3H3;3-12,14-17H,1-2H3;3-9,11-13,15-17H,2,10H2,1H3;2-11,13-15H,1H3;;;;;/q5*-1;;;;;. The van der Waals surface area contributed by atoms with E-state index in [1.165, 1.54) is 66.8 Å². The molecule has 15 nitrogen and oxygen atoms in total. The van der Waals surface area contributed by atoms with E-state index in [9.17, 15) is 0 Å². The van der Waals surface area contributed by atoms with Crippen molar-refractivity contribution in [3.05, 3.63) is 453 Å². The summed E-state index contributed by atoms with van der Waals surface area (Å²) in [5.74, 6) is 9.27. The van der Waals surface area contributed by atoms with Crippen LogP contribution < -0.4 is 0 Å². The summed E-state index contributed by atoms with van der Waals surface area (Å²) < 4.78 is 10.7. The summed E-state index contributed by atoms with van der Waals surface area (Å²) in [5.41, 5.74) is 24.4. The van der Waals surface area contributed by atoms with Crippen molar-refractivity contribution in [1.29, 1.82) is 0 Å². The molecule has 0 saturated carbocycles. The third-order valence-corrected chi connectivity index (χ3v) is 22.3. The SMILES string of the molecule is CC(C)(C)c1nnc(-c2[c-]cccc2)n1-c1cccc(-c2ccccc2)c1.CC(C)c1nnc(-c2[c-]cccc2)n1-c1cccc(-c2ccccc2)c1.CCCc1nnc(-c2[c-]cccc2)n1-c1cccc(-c2ccccc2)c1.Cc1ccccc1-c1cc(-n2c(-c3[c-]cccc3)nnc2C(C)C)ccc1C.Cc1nnc(-c2[c-]cccc2)n1-c1cccc(-c2ccccc2)c1.[Ir].[Ir].[Ir].[Ir].[Ir]. The van der Waals surface area contributed by atoms with E-state index in [-0.39, 0.29) is 118 Å². The van der Waals surface area contributed by atoms with Gasteiger partial charge in [-0.1, -0.05) is 256 Å². The van der Waals surface area contributed by atoms with Crippen LogP contribution in [0.25, 0.3) is 141 Å². The predicted octanol–water partition coefficient (Wildman–Crippen LogP) is 27.4. The smallest absolute Gasteiger partial charge is 0.133 e.